The lowest BCUT2D eigenvalue weighted by molar-refractivity contribution is 0.109. The second-order valence-electron chi connectivity index (χ2n) is 6.09. The van der Waals surface area contributed by atoms with Crippen LogP contribution in [-0.2, 0) is 24.3 Å². The molecule has 1 aliphatic rings. The van der Waals surface area contributed by atoms with Crippen LogP contribution in [0.15, 0.2) is 30.5 Å². The van der Waals surface area contributed by atoms with E-state index in [0.717, 1.165) is 29.0 Å². The van der Waals surface area contributed by atoms with E-state index >= 15 is 0 Å². The molecule has 1 aromatic heterocycles. The van der Waals surface area contributed by atoms with Gasteiger partial charge >= 0.3 is 6.03 Å². The van der Waals surface area contributed by atoms with E-state index in [1.807, 2.05) is 38.1 Å². The SMILES string of the molecule is CC(C)Oc1ccc(CNC(=O)Nc2ncc3c(n2)CCOC3)cc1. The smallest absolute Gasteiger partial charge is 0.321 e. The van der Waals surface area contributed by atoms with Crippen LogP contribution in [0.25, 0.3) is 0 Å². The van der Waals surface area contributed by atoms with Crippen LogP contribution >= 0.6 is 0 Å². The monoisotopic (exact) mass is 342 g/mol. The molecule has 2 N–H and O–H groups in total. The topological polar surface area (TPSA) is 85.4 Å². The first kappa shape index (κ1) is 17.2. The fraction of sp³-hybridized carbons (Fsp3) is 0.389. The molecule has 7 heteroatoms. The summed E-state index contributed by atoms with van der Waals surface area (Å²) in [5, 5.41) is 5.45. The van der Waals surface area contributed by atoms with Gasteiger partial charge in [0.25, 0.3) is 0 Å². The van der Waals surface area contributed by atoms with Crippen molar-refractivity contribution in [3.8, 4) is 5.75 Å². The highest BCUT2D eigenvalue weighted by Crippen LogP contribution is 2.15. The maximum atomic E-state index is 12.0. The molecule has 0 spiro atoms. The number of fused-ring (bicyclic) bond motifs is 1. The van der Waals surface area contributed by atoms with Crippen LogP contribution in [0.4, 0.5) is 10.7 Å². The Labute approximate surface area is 146 Å². The molecule has 0 unspecified atom stereocenters. The lowest BCUT2D eigenvalue weighted by atomic mass is 10.1. The Morgan fingerprint density at radius 3 is 2.88 bits per heavy atom. The number of carbonyl (C=O) groups excluding carboxylic acids is 1. The first-order valence-electron chi connectivity index (χ1n) is 8.33. The number of ether oxygens (including phenoxy) is 2. The van der Waals surface area contributed by atoms with Gasteiger partial charge in [-0.05, 0) is 31.5 Å². The average molecular weight is 342 g/mol. The molecule has 25 heavy (non-hydrogen) atoms. The van der Waals surface area contributed by atoms with E-state index in [1.165, 1.54) is 0 Å². The van der Waals surface area contributed by atoms with Gasteiger partial charge in [-0.3, -0.25) is 5.32 Å². The number of anilines is 1. The molecule has 3 rings (SSSR count). The average Bonchev–Trinajstić information content (AvgIpc) is 2.60. The first-order valence-corrected chi connectivity index (χ1v) is 8.33. The third-order valence-corrected chi connectivity index (χ3v) is 3.67. The molecule has 7 nitrogen and oxygen atoms in total. The number of nitrogens with one attached hydrogen (secondary N) is 2. The predicted octanol–water partition coefficient (Wildman–Crippen LogP) is 2.66. The van der Waals surface area contributed by atoms with Gasteiger partial charge in [-0.1, -0.05) is 12.1 Å². The van der Waals surface area contributed by atoms with Crippen molar-refractivity contribution in [3.05, 3.63) is 47.3 Å². The zero-order valence-corrected chi connectivity index (χ0v) is 14.4. The number of urea groups is 1. The zero-order valence-electron chi connectivity index (χ0n) is 14.4. The molecule has 0 aliphatic carbocycles. The summed E-state index contributed by atoms with van der Waals surface area (Å²) < 4.78 is 10.9. The van der Waals surface area contributed by atoms with Crippen LogP contribution < -0.4 is 15.4 Å². The molecule has 0 atom stereocenters. The van der Waals surface area contributed by atoms with Gasteiger partial charge in [0.05, 0.1) is 25.0 Å². The fourth-order valence-electron chi connectivity index (χ4n) is 2.48. The lowest BCUT2D eigenvalue weighted by Gasteiger charge is -2.15. The van der Waals surface area contributed by atoms with Crippen LogP contribution in [0, 0.1) is 0 Å². The lowest BCUT2D eigenvalue weighted by Crippen LogP contribution is -2.29. The summed E-state index contributed by atoms with van der Waals surface area (Å²) >= 11 is 0. The number of rotatable bonds is 5. The number of aromatic nitrogens is 2. The van der Waals surface area contributed by atoms with Crippen molar-refractivity contribution in [1.29, 1.82) is 0 Å². The van der Waals surface area contributed by atoms with Crippen molar-refractivity contribution in [3.63, 3.8) is 0 Å². The molecule has 2 aromatic rings. The summed E-state index contributed by atoms with van der Waals surface area (Å²) in [4.78, 5) is 20.5. The van der Waals surface area contributed by atoms with Gasteiger partial charge < -0.3 is 14.8 Å². The van der Waals surface area contributed by atoms with E-state index in [0.29, 0.717) is 25.7 Å². The molecule has 0 fully saturated rings. The zero-order chi connectivity index (χ0) is 17.6. The van der Waals surface area contributed by atoms with E-state index in [1.54, 1.807) is 6.20 Å². The van der Waals surface area contributed by atoms with Crippen molar-refractivity contribution in [2.75, 3.05) is 11.9 Å². The first-order chi connectivity index (χ1) is 12.1. The Morgan fingerprint density at radius 2 is 2.12 bits per heavy atom. The quantitative estimate of drug-likeness (QED) is 0.872. The second-order valence-corrected chi connectivity index (χ2v) is 6.09. The number of carbonyl (C=O) groups is 1. The molecular formula is C18H22N4O3. The van der Waals surface area contributed by atoms with Crippen LogP contribution in [0.3, 0.4) is 0 Å². The van der Waals surface area contributed by atoms with Crippen molar-refractivity contribution >= 4 is 12.0 Å². The molecule has 0 bridgehead atoms. The maximum absolute atomic E-state index is 12.0. The summed E-state index contributed by atoms with van der Waals surface area (Å²) in [6.45, 7) is 5.54. The molecule has 0 radical (unpaired) electrons. The third-order valence-electron chi connectivity index (χ3n) is 3.67. The number of hydrogen-bond donors (Lipinski definition) is 2. The second kappa shape index (κ2) is 7.94. The third kappa shape index (κ3) is 4.90. The van der Waals surface area contributed by atoms with E-state index in [-0.39, 0.29) is 12.1 Å². The fourth-order valence-corrected chi connectivity index (χ4v) is 2.48. The highest BCUT2D eigenvalue weighted by atomic mass is 16.5. The molecule has 1 aromatic carbocycles. The van der Waals surface area contributed by atoms with Crippen LogP contribution in [0.1, 0.15) is 30.7 Å². The standard InChI is InChI=1S/C18H22N4O3/c1-12(2)25-15-5-3-13(4-6-15)9-20-18(23)22-17-19-10-14-11-24-8-7-16(14)21-17/h3-6,10,12H,7-9,11H2,1-2H3,(H2,19,20,21,22,23). The van der Waals surface area contributed by atoms with Gasteiger partial charge in [-0.15, -0.1) is 0 Å². The van der Waals surface area contributed by atoms with Crippen LogP contribution in [0.5, 0.6) is 5.75 Å². The molecular weight excluding hydrogens is 320 g/mol. The summed E-state index contributed by atoms with van der Waals surface area (Å²) in [5.41, 5.74) is 2.88. The normalized spacial score (nSPS) is 13.2. The van der Waals surface area contributed by atoms with Crippen molar-refractivity contribution < 1.29 is 14.3 Å². The number of hydrogen-bond acceptors (Lipinski definition) is 5. The molecule has 2 amide bonds. The molecule has 2 heterocycles. The van der Waals surface area contributed by atoms with E-state index in [2.05, 4.69) is 20.6 Å². The number of amides is 2. The molecule has 0 saturated carbocycles. The van der Waals surface area contributed by atoms with Crippen LogP contribution in [0.2, 0.25) is 0 Å². The Balaban J connectivity index is 1.51. The van der Waals surface area contributed by atoms with E-state index in [9.17, 15) is 4.79 Å². The van der Waals surface area contributed by atoms with Gasteiger partial charge in [0.2, 0.25) is 5.95 Å². The van der Waals surface area contributed by atoms with Crippen molar-refractivity contribution in [2.24, 2.45) is 0 Å². The summed E-state index contributed by atoms with van der Waals surface area (Å²) in [6.07, 6.45) is 2.57. The molecule has 0 saturated heterocycles. The van der Waals surface area contributed by atoms with Gasteiger partial charge in [0.1, 0.15) is 5.75 Å². The molecule has 132 valence electrons. The Kier molecular flexibility index (Phi) is 5.45. The highest BCUT2D eigenvalue weighted by Gasteiger charge is 2.13. The van der Waals surface area contributed by atoms with Gasteiger partial charge in [-0.25, -0.2) is 14.8 Å². The summed E-state index contributed by atoms with van der Waals surface area (Å²) in [7, 11) is 0. The Bertz CT molecular complexity index is 732. The Hall–Kier alpha value is -2.67. The van der Waals surface area contributed by atoms with Gasteiger partial charge in [0.15, 0.2) is 0 Å². The van der Waals surface area contributed by atoms with E-state index in [4.69, 9.17) is 9.47 Å². The van der Waals surface area contributed by atoms with Crippen LogP contribution in [-0.4, -0.2) is 28.7 Å². The predicted molar refractivity (Wildman–Crippen MR) is 93.5 cm³/mol. The van der Waals surface area contributed by atoms with Gasteiger partial charge in [-0.2, -0.15) is 0 Å². The molecule has 1 aliphatic heterocycles. The minimum absolute atomic E-state index is 0.137. The number of benzene rings is 1. The largest absolute Gasteiger partial charge is 0.491 e. The minimum atomic E-state index is -0.338. The Morgan fingerprint density at radius 1 is 1.32 bits per heavy atom. The number of nitrogens with zero attached hydrogens (tertiary/aromatic N) is 2. The summed E-state index contributed by atoms with van der Waals surface area (Å²) in [5.74, 6) is 1.12. The van der Waals surface area contributed by atoms with Crippen molar-refractivity contribution in [2.45, 2.75) is 39.5 Å². The highest BCUT2D eigenvalue weighted by molar-refractivity contribution is 5.87. The van der Waals surface area contributed by atoms with E-state index < -0.39 is 0 Å². The van der Waals surface area contributed by atoms with Crippen molar-refractivity contribution in [1.82, 2.24) is 15.3 Å². The maximum Gasteiger partial charge on any atom is 0.321 e. The summed E-state index contributed by atoms with van der Waals surface area (Å²) in [6, 6.07) is 7.29. The van der Waals surface area contributed by atoms with Gasteiger partial charge in [0, 0.05) is 24.7 Å². The minimum Gasteiger partial charge on any atom is -0.491 e.